The summed E-state index contributed by atoms with van der Waals surface area (Å²) in [7, 11) is 0. The maximum Gasteiger partial charge on any atom is 0.407 e. The van der Waals surface area contributed by atoms with Crippen LogP contribution in [0.25, 0.3) is 11.1 Å². The SMILES string of the molecule is C[C@H](NC(=O)OCC1c2ccccc2-c2ccccc21)C(=O)N[C@H](C=O)CC(=O)OC(C)(C)C. The first kappa shape index (κ1) is 25.0. The average molecular weight is 467 g/mol. The van der Waals surface area contributed by atoms with Crippen LogP contribution in [0.1, 0.15) is 51.2 Å². The number of ether oxygens (including phenoxy) is 2. The van der Waals surface area contributed by atoms with Gasteiger partial charge in [-0.2, -0.15) is 0 Å². The number of aldehydes is 1. The molecule has 3 rings (SSSR count). The first-order chi connectivity index (χ1) is 16.1. The lowest BCUT2D eigenvalue weighted by Crippen LogP contribution is -2.49. The Morgan fingerprint density at radius 2 is 1.53 bits per heavy atom. The molecule has 34 heavy (non-hydrogen) atoms. The van der Waals surface area contributed by atoms with Gasteiger partial charge in [0.05, 0.1) is 12.5 Å². The van der Waals surface area contributed by atoms with Gasteiger partial charge in [-0.25, -0.2) is 4.79 Å². The molecule has 0 aromatic heterocycles. The lowest BCUT2D eigenvalue weighted by Gasteiger charge is -2.22. The number of fused-ring (bicyclic) bond motifs is 3. The average Bonchev–Trinajstić information content (AvgIpc) is 3.09. The van der Waals surface area contributed by atoms with E-state index in [4.69, 9.17) is 9.47 Å². The third kappa shape index (κ3) is 6.21. The van der Waals surface area contributed by atoms with Crippen LogP contribution >= 0.6 is 0 Å². The van der Waals surface area contributed by atoms with E-state index in [0.717, 1.165) is 22.3 Å². The van der Waals surface area contributed by atoms with Crippen molar-refractivity contribution in [2.75, 3.05) is 6.61 Å². The van der Waals surface area contributed by atoms with Gasteiger partial charge in [0.1, 0.15) is 24.5 Å². The minimum atomic E-state index is -1.06. The van der Waals surface area contributed by atoms with Crippen molar-refractivity contribution in [1.82, 2.24) is 10.6 Å². The fraction of sp³-hybridized carbons (Fsp3) is 0.385. The summed E-state index contributed by atoms with van der Waals surface area (Å²) in [5.74, 6) is -1.33. The molecule has 0 aliphatic heterocycles. The van der Waals surface area contributed by atoms with Crippen molar-refractivity contribution in [3.05, 3.63) is 59.7 Å². The van der Waals surface area contributed by atoms with E-state index >= 15 is 0 Å². The Balaban J connectivity index is 1.52. The number of esters is 1. The van der Waals surface area contributed by atoms with E-state index in [1.807, 2.05) is 48.5 Å². The standard InChI is InChI=1S/C26H30N2O6/c1-16(24(31)28-17(14-29)13-23(30)34-26(2,3)4)27-25(32)33-15-22-20-11-7-5-9-18(20)19-10-6-8-12-21(19)22/h5-12,14,16-17,22H,13,15H2,1-4H3,(H,27,32)(H,28,31)/t16-,17-/m0/s1. The largest absolute Gasteiger partial charge is 0.460 e. The van der Waals surface area contributed by atoms with Crippen molar-refractivity contribution >= 4 is 24.3 Å². The van der Waals surface area contributed by atoms with Crippen molar-refractivity contribution in [3.8, 4) is 11.1 Å². The Bertz CT molecular complexity index is 1030. The zero-order chi connectivity index (χ0) is 24.9. The Kier molecular flexibility index (Phi) is 7.71. The molecule has 0 radical (unpaired) electrons. The van der Waals surface area contributed by atoms with E-state index in [9.17, 15) is 19.2 Å². The Labute approximate surface area is 199 Å². The van der Waals surface area contributed by atoms with E-state index in [1.165, 1.54) is 6.92 Å². The van der Waals surface area contributed by atoms with E-state index in [2.05, 4.69) is 10.6 Å². The molecule has 2 amide bonds. The summed E-state index contributed by atoms with van der Waals surface area (Å²) in [6, 6.07) is 13.9. The molecule has 180 valence electrons. The number of carbonyl (C=O) groups excluding carboxylic acids is 4. The summed E-state index contributed by atoms with van der Waals surface area (Å²) in [6.07, 6.45) is -0.592. The first-order valence-corrected chi connectivity index (χ1v) is 11.2. The number of hydrogen-bond acceptors (Lipinski definition) is 6. The van der Waals surface area contributed by atoms with Crippen LogP contribution in [-0.2, 0) is 23.9 Å². The van der Waals surface area contributed by atoms with E-state index < -0.39 is 35.7 Å². The van der Waals surface area contributed by atoms with E-state index in [1.54, 1.807) is 20.8 Å². The highest BCUT2D eigenvalue weighted by Gasteiger charge is 2.29. The van der Waals surface area contributed by atoms with Crippen molar-refractivity contribution in [3.63, 3.8) is 0 Å². The molecule has 1 aliphatic carbocycles. The number of nitrogens with one attached hydrogen (secondary N) is 2. The van der Waals surface area contributed by atoms with Crippen LogP contribution in [0.4, 0.5) is 4.79 Å². The number of hydrogen-bond donors (Lipinski definition) is 2. The molecular formula is C26H30N2O6. The van der Waals surface area contributed by atoms with Gasteiger partial charge < -0.3 is 24.9 Å². The van der Waals surface area contributed by atoms with Crippen LogP contribution < -0.4 is 10.6 Å². The second-order valence-electron chi connectivity index (χ2n) is 9.23. The monoisotopic (exact) mass is 466 g/mol. The van der Waals surface area contributed by atoms with Gasteiger partial charge in [-0.05, 0) is 49.9 Å². The van der Waals surface area contributed by atoms with Gasteiger partial charge in [-0.1, -0.05) is 48.5 Å². The second-order valence-corrected chi connectivity index (χ2v) is 9.23. The molecule has 2 aromatic rings. The van der Waals surface area contributed by atoms with Gasteiger partial charge in [-0.15, -0.1) is 0 Å². The Hall–Kier alpha value is -3.68. The van der Waals surface area contributed by atoms with Gasteiger partial charge in [-0.3, -0.25) is 9.59 Å². The molecule has 2 aromatic carbocycles. The molecule has 1 aliphatic rings. The summed E-state index contributed by atoms with van der Waals surface area (Å²) in [5.41, 5.74) is 3.69. The van der Waals surface area contributed by atoms with Crippen LogP contribution in [0.3, 0.4) is 0 Å². The van der Waals surface area contributed by atoms with Gasteiger partial charge in [0, 0.05) is 5.92 Å². The molecule has 0 fully saturated rings. The molecule has 0 saturated heterocycles. The summed E-state index contributed by atoms with van der Waals surface area (Å²) in [4.78, 5) is 48.0. The fourth-order valence-electron chi connectivity index (χ4n) is 3.89. The number of alkyl carbamates (subject to hydrolysis) is 1. The van der Waals surface area contributed by atoms with E-state index in [0.29, 0.717) is 6.29 Å². The highest BCUT2D eigenvalue weighted by atomic mass is 16.6. The summed E-state index contributed by atoms with van der Waals surface area (Å²) >= 11 is 0. The zero-order valence-electron chi connectivity index (χ0n) is 19.8. The van der Waals surface area contributed by atoms with Crippen LogP contribution in [0.2, 0.25) is 0 Å². The summed E-state index contributed by atoms with van der Waals surface area (Å²) in [6.45, 7) is 6.70. The number of benzene rings is 2. The predicted octanol–water partition coefficient (Wildman–Crippen LogP) is 3.33. The minimum absolute atomic E-state index is 0.101. The van der Waals surface area contributed by atoms with Gasteiger partial charge in [0.2, 0.25) is 5.91 Å². The summed E-state index contributed by atoms with van der Waals surface area (Å²) in [5, 5.41) is 4.90. The van der Waals surface area contributed by atoms with Crippen LogP contribution in [0.15, 0.2) is 48.5 Å². The number of amides is 2. The minimum Gasteiger partial charge on any atom is -0.460 e. The van der Waals surface area contributed by atoms with Crippen molar-refractivity contribution in [2.24, 2.45) is 0 Å². The Morgan fingerprint density at radius 3 is 2.06 bits per heavy atom. The van der Waals surface area contributed by atoms with Crippen LogP contribution in [0, 0.1) is 0 Å². The van der Waals surface area contributed by atoms with Crippen molar-refractivity contribution < 1.29 is 28.7 Å². The smallest absolute Gasteiger partial charge is 0.407 e. The zero-order valence-corrected chi connectivity index (χ0v) is 19.8. The molecule has 8 heteroatoms. The molecule has 2 atom stereocenters. The Morgan fingerprint density at radius 1 is 0.971 bits per heavy atom. The van der Waals surface area contributed by atoms with Gasteiger partial charge in [0.25, 0.3) is 0 Å². The molecule has 0 spiro atoms. The third-order valence-electron chi connectivity index (χ3n) is 5.37. The topological polar surface area (TPSA) is 111 Å². The van der Waals surface area contributed by atoms with Crippen molar-refractivity contribution in [2.45, 2.75) is 57.7 Å². The van der Waals surface area contributed by atoms with Crippen molar-refractivity contribution in [1.29, 1.82) is 0 Å². The highest BCUT2D eigenvalue weighted by molar-refractivity contribution is 5.88. The van der Waals surface area contributed by atoms with Gasteiger partial charge >= 0.3 is 12.1 Å². The predicted molar refractivity (Wildman–Crippen MR) is 126 cm³/mol. The molecule has 2 N–H and O–H groups in total. The quantitative estimate of drug-likeness (QED) is 0.456. The molecule has 0 heterocycles. The highest BCUT2D eigenvalue weighted by Crippen LogP contribution is 2.44. The molecule has 0 bridgehead atoms. The maximum absolute atomic E-state index is 12.4. The summed E-state index contributed by atoms with van der Waals surface area (Å²) < 4.78 is 10.6. The lowest BCUT2D eigenvalue weighted by molar-refractivity contribution is -0.155. The number of carbonyl (C=O) groups is 4. The lowest BCUT2D eigenvalue weighted by atomic mass is 9.98. The molecule has 0 saturated carbocycles. The maximum atomic E-state index is 12.4. The molecule has 0 unspecified atom stereocenters. The number of rotatable bonds is 8. The van der Waals surface area contributed by atoms with Crippen LogP contribution in [-0.4, -0.2) is 48.5 Å². The van der Waals surface area contributed by atoms with Crippen LogP contribution in [0.5, 0.6) is 0 Å². The third-order valence-corrected chi connectivity index (χ3v) is 5.37. The fourth-order valence-corrected chi connectivity index (χ4v) is 3.89. The first-order valence-electron chi connectivity index (χ1n) is 11.2. The normalized spacial score (nSPS) is 14.2. The molecule has 8 nitrogen and oxygen atoms in total. The van der Waals surface area contributed by atoms with E-state index in [-0.39, 0.29) is 18.9 Å². The van der Waals surface area contributed by atoms with Gasteiger partial charge in [0.15, 0.2) is 0 Å². The molecular weight excluding hydrogens is 436 g/mol. The second kappa shape index (κ2) is 10.5.